The van der Waals surface area contributed by atoms with Crippen molar-refractivity contribution in [2.24, 2.45) is 0 Å². The summed E-state index contributed by atoms with van der Waals surface area (Å²) in [6.07, 6.45) is 1.28. The number of nitrogens with zero attached hydrogens (tertiary/aromatic N) is 4. The van der Waals surface area contributed by atoms with Crippen LogP contribution in [0.3, 0.4) is 0 Å². The largest absolute Gasteiger partial charge is 0.493 e. The zero-order valence-electron chi connectivity index (χ0n) is 19.6. The third-order valence-corrected chi connectivity index (χ3v) is 5.37. The van der Waals surface area contributed by atoms with Crippen LogP contribution in [0.1, 0.15) is 26.3 Å². The fourth-order valence-corrected chi connectivity index (χ4v) is 3.74. The molecule has 0 bridgehead atoms. The Morgan fingerprint density at radius 2 is 1.73 bits per heavy atom. The molecule has 0 radical (unpaired) electrons. The highest BCUT2D eigenvalue weighted by molar-refractivity contribution is 5.92. The van der Waals surface area contributed by atoms with E-state index in [1.54, 1.807) is 18.3 Å². The molecule has 0 aliphatic carbocycles. The van der Waals surface area contributed by atoms with Crippen molar-refractivity contribution in [3.63, 3.8) is 0 Å². The average molecular weight is 451 g/mol. The van der Waals surface area contributed by atoms with Gasteiger partial charge in [0, 0.05) is 37.6 Å². The molecular formula is C25H30N4O4. The van der Waals surface area contributed by atoms with Gasteiger partial charge >= 0.3 is 6.09 Å². The molecule has 8 heteroatoms. The number of piperazine rings is 1. The number of fused-ring (bicyclic) bond motifs is 1. The summed E-state index contributed by atoms with van der Waals surface area (Å²) in [4.78, 5) is 25.3. The van der Waals surface area contributed by atoms with Crippen molar-refractivity contribution < 1.29 is 19.0 Å². The number of ether oxygens (including phenoxy) is 3. The van der Waals surface area contributed by atoms with Gasteiger partial charge in [0.2, 0.25) is 0 Å². The van der Waals surface area contributed by atoms with Gasteiger partial charge in [0.05, 0.1) is 12.6 Å². The van der Waals surface area contributed by atoms with Gasteiger partial charge in [-0.05, 0) is 32.4 Å². The van der Waals surface area contributed by atoms with Crippen LogP contribution < -0.4 is 14.4 Å². The maximum absolute atomic E-state index is 12.4. The van der Waals surface area contributed by atoms with E-state index in [1.165, 1.54) is 0 Å². The van der Waals surface area contributed by atoms with Crippen molar-refractivity contribution >= 4 is 22.8 Å². The van der Waals surface area contributed by atoms with Gasteiger partial charge in [-0.1, -0.05) is 30.3 Å². The molecule has 33 heavy (non-hydrogen) atoms. The summed E-state index contributed by atoms with van der Waals surface area (Å²) in [6.45, 7) is 8.48. The van der Waals surface area contributed by atoms with E-state index < -0.39 is 5.60 Å². The first-order chi connectivity index (χ1) is 15.8. The molecule has 1 saturated heterocycles. The summed E-state index contributed by atoms with van der Waals surface area (Å²) in [7, 11) is 1.62. The topological polar surface area (TPSA) is 77.0 Å². The molecule has 1 aliphatic rings. The number of hydrogen-bond acceptors (Lipinski definition) is 7. The number of amides is 1. The number of hydrogen-bond donors (Lipinski definition) is 0. The second kappa shape index (κ2) is 9.52. The Bertz CT molecular complexity index is 1110. The van der Waals surface area contributed by atoms with E-state index in [2.05, 4.69) is 14.9 Å². The molecule has 0 saturated carbocycles. The van der Waals surface area contributed by atoms with Crippen LogP contribution in [0.15, 0.2) is 48.8 Å². The predicted octanol–water partition coefficient (Wildman–Crippen LogP) is 4.27. The van der Waals surface area contributed by atoms with Crippen LogP contribution in [0, 0.1) is 0 Å². The number of methoxy groups -OCH3 is 1. The molecule has 2 aromatic carbocycles. The Labute approximate surface area is 194 Å². The number of aromatic nitrogens is 2. The van der Waals surface area contributed by atoms with Gasteiger partial charge in [0.15, 0.2) is 11.5 Å². The van der Waals surface area contributed by atoms with E-state index in [1.807, 2.05) is 63.2 Å². The van der Waals surface area contributed by atoms with E-state index >= 15 is 0 Å². The third-order valence-electron chi connectivity index (χ3n) is 5.37. The van der Waals surface area contributed by atoms with Gasteiger partial charge in [-0.2, -0.15) is 0 Å². The second-order valence-electron chi connectivity index (χ2n) is 8.95. The monoisotopic (exact) mass is 450 g/mol. The highest BCUT2D eigenvalue weighted by Crippen LogP contribution is 2.35. The first-order valence-electron chi connectivity index (χ1n) is 11.1. The predicted molar refractivity (Wildman–Crippen MR) is 127 cm³/mol. The first-order valence-corrected chi connectivity index (χ1v) is 11.1. The van der Waals surface area contributed by atoms with Gasteiger partial charge < -0.3 is 24.0 Å². The number of carbonyl (C=O) groups excluding carboxylic acids is 1. The summed E-state index contributed by atoms with van der Waals surface area (Å²) in [5, 5.41) is 0.882. The molecule has 1 aliphatic heterocycles. The number of anilines is 1. The van der Waals surface area contributed by atoms with E-state index in [-0.39, 0.29) is 6.09 Å². The molecule has 4 rings (SSSR count). The van der Waals surface area contributed by atoms with Crippen LogP contribution in [0.25, 0.3) is 10.9 Å². The third kappa shape index (κ3) is 5.45. The first kappa shape index (κ1) is 22.6. The Morgan fingerprint density at radius 3 is 2.39 bits per heavy atom. The number of carbonyl (C=O) groups is 1. The smallest absolute Gasteiger partial charge is 0.410 e. The molecule has 1 amide bonds. The van der Waals surface area contributed by atoms with Crippen molar-refractivity contribution in [1.82, 2.24) is 14.9 Å². The van der Waals surface area contributed by atoms with Crippen LogP contribution in [-0.4, -0.2) is 59.9 Å². The Kier molecular flexibility index (Phi) is 6.53. The normalized spacial score (nSPS) is 14.3. The van der Waals surface area contributed by atoms with Crippen molar-refractivity contribution in [1.29, 1.82) is 0 Å². The van der Waals surface area contributed by atoms with Crippen molar-refractivity contribution in [3.05, 3.63) is 54.4 Å². The molecule has 0 spiro atoms. The molecule has 1 fully saturated rings. The van der Waals surface area contributed by atoms with E-state index in [4.69, 9.17) is 14.2 Å². The molecule has 0 unspecified atom stereocenters. The van der Waals surface area contributed by atoms with E-state index in [0.29, 0.717) is 44.3 Å². The quantitative estimate of drug-likeness (QED) is 0.574. The summed E-state index contributed by atoms with van der Waals surface area (Å²) in [5.41, 5.74) is 1.34. The lowest BCUT2D eigenvalue weighted by atomic mass is 10.1. The number of benzene rings is 2. The highest BCUT2D eigenvalue weighted by Gasteiger charge is 2.27. The van der Waals surface area contributed by atoms with Gasteiger partial charge in [0.25, 0.3) is 0 Å². The fraction of sp³-hybridized carbons (Fsp3) is 0.400. The van der Waals surface area contributed by atoms with Crippen molar-refractivity contribution in [2.75, 3.05) is 38.2 Å². The van der Waals surface area contributed by atoms with Gasteiger partial charge in [-0.15, -0.1) is 0 Å². The van der Waals surface area contributed by atoms with Crippen LogP contribution in [0.2, 0.25) is 0 Å². The summed E-state index contributed by atoms with van der Waals surface area (Å²) < 4.78 is 17.1. The minimum atomic E-state index is -0.508. The number of rotatable bonds is 5. The fourth-order valence-electron chi connectivity index (χ4n) is 3.74. The van der Waals surface area contributed by atoms with E-state index in [9.17, 15) is 4.79 Å². The van der Waals surface area contributed by atoms with Crippen molar-refractivity contribution in [3.8, 4) is 11.5 Å². The molecule has 174 valence electrons. The minimum Gasteiger partial charge on any atom is -0.493 e. The van der Waals surface area contributed by atoms with Crippen LogP contribution in [0.4, 0.5) is 10.6 Å². The SMILES string of the molecule is COc1cc2ncnc(N3CCN(C(=O)OC(C)(C)C)CC3)c2cc1OCc1ccccc1. The zero-order valence-corrected chi connectivity index (χ0v) is 19.6. The Hall–Kier alpha value is -3.55. The second-order valence-corrected chi connectivity index (χ2v) is 8.95. The molecule has 3 aromatic rings. The standard InChI is InChI=1S/C25H30N4O4/c1-25(2,3)33-24(30)29-12-10-28(11-13-29)23-19-14-22(32-16-18-8-6-5-7-9-18)21(31-4)15-20(19)26-17-27-23/h5-9,14-15,17H,10-13,16H2,1-4H3. The van der Waals surface area contributed by atoms with Crippen molar-refractivity contribution in [2.45, 2.75) is 33.0 Å². The Morgan fingerprint density at radius 1 is 1.00 bits per heavy atom. The van der Waals surface area contributed by atoms with E-state index in [0.717, 1.165) is 22.3 Å². The molecule has 1 aromatic heterocycles. The van der Waals surface area contributed by atoms with Gasteiger partial charge in [-0.25, -0.2) is 14.8 Å². The minimum absolute atomic E-state index is 0.281. The lowest BCUT2D eigenvalue weighted by Crippen LogP contribution is -2.50. The van der Waals surface area contributed by atoms with Gasteiger partial charge in [-0.3, -0.25) is 0 Å². The van der Waals surface area contributed by atoms with Crippen LogP contribution in [-0.2, 0) is 11.3 Å². The average Bonchev–Trinajstić information content (AvgIpc) is 2.81. The molecule has 8 nitrogen and oxygen atoms in total. The molecule has 0 N–H and O–H groups in total. The van der Waals surface area contributed by atoms with Crippen LogP contribution in [0.5, 0.6) is 11.5 Å². The lowest BCUT2D eigenvalue weighted by Gasteiger charge is -2.36. The Balaban J connectivity index is 1.54. The summed E-state index contributed by atoms with van der Waals surface area (Å²) in [5.74, 6) is 2.08. The highest BCUT2D eigenvalue weighted by atomic mass is 16.6. The molecule has 2 heterocycles. The van der Waals surface area contributed by atoms with Crippen LogP contribution >= 0.6 is 0 Å². The maximum atomic E-state index is 12.4. The molecule has 0 atom stereocenters. The summed E-state index contributed by atoms with van der Waals surface area (Å²) in [6, 6.07) is 13.8. The maximum Gasteiger partial charge on any atom is 0.410 e. The zero-order chi connectivity index (χ0) is 23.4. The van der Waals surface area contributed by atoms with Gasteiger partial charge in [0.1, 0.15) is 24.4 Å². The summed E-state index contributed by atoms with van der Waals surface area (Å²) >= 11 is 0. The molecular weight excluding hydrogens is 420 g/mol. The lowest BCUT2D eigenvalue weighted by molar-refractivity contribution is 0.0240.